The summed E-state index contributed by atoms with van der Waals surface area (Å²) in [5, 5.41) is 6.86. The molecule has 0 heterocycles. The minimum atomic E-state index is -4.31. The van der Waals surface area contributed by atoms with Crippen LogP contribution in [0.15, 0.2) is 53.4 Å². The summed E-state index contributed by atoms with van der Waals surface area (Å²) >= 11 is 0. The van der Waals surface area contributed by atoms with E-state index in [1.54, 1.807) is 24.3 Å². The van der Waals surface area contributed by atoms with Gasteiger partial charge in [0, 0.05) is 11.4 Å². The highest BCUT2D eigenvalue weighted by molar-refractivity contribution is 7.85. The van der Waals surface area contributed by atoms with Gasteiger partial charge in [-0.3, -0.25) is 9.87 Å². The number of imide groups is 1. The van der Waals surface area contributed by atoms with Gasteiger partial charge in [-0.2, -0.15) is 8.42 Å². The van der Waals surface area contributed by atoms with E-state index in [0.29, 0.717) is 11.4 Å². The Bertz CT molecular complexity index is 863. The number of benzene rings is 2. The molecule has 0 bridgehead atoms. The molecule has 0 saturated carbocycles. The molecule has 0 spiro atoms. The zero-order chi connectivity index (χ0) is 18.4. The molecule has 0 aliphatic carbocycles. The Hall–Kier alpha value is -3.11. The number of amides is 4. The molecule has 0 atom stereocenters. The van der Waals surface area contributed by atoms with E-state index in [0.717, 1.165) is 12.1 Å². The van der Waals surface area contributed by atoms with Crippen LogP contribution in [0.2, 0.25) is 0 Å². The second-order valence-electron chi connectivity index (χ2n) is 4.76. The zero-order valence-corrected chi connectivity index (χ0v) is 13.8. The first kappa shape index (κ1) is 18.2. The van der Waals surface area contributed by atoms with Gasteiger partial charge in [-0.05, 0) is 48.5 Å². The van der Waals surface area contributed by atoms with Crippen LogP contribution in [0.4, 0.5) is 21.0 Å². The predicted molar refractivity (Wildman–Crippen MR) is 90.4 cm³/mol. The van der Waals surface area contributed by atoms with E-state index in [-0.39, 0.29) is 10.6 Å². The summed E-state index contributed by atoms with van der Waals surface area (Å²) in [6, 6.07) is 9.69. The second-order valence-corrected chi connectivity index (χ2v) is 6.18. The number of rotatable bonds is 4. The number of hydrogen-bond donors (Lipinski definition) is 4. The van der Waals surface area contributed by atoms with Gasteiger partial charge in [-0.25, -0.2) is 9.59 Å². The van der Waals surface area contributed by atoms with Crippen LogP contribution in [0, 0.1) is 0 Å². The van der Waals surface area contributed by atoms with Crippen molar-refractivity contribution in [1.82, 2.24) is 5.32 Å². The molecule has 2 rings (SSSR count). The Balaban J connectivity index is 1.89. The van der Waals surface area contributed by atoms with Crippen LogP contribution in [0.25, 0.3) is 0 Å². The summed E-state index contributed by atoms with van der Waals surface area (Å²) in [6.45, 7) is 0. The lowest BCUT2D eigenvalue weighted by atomic mass is 10.3. The van der Waals surface area contributed by atoms with Gasteiger partial charge in [0.05, 0.1) is 12.0 Å². The minimum Gasteiger partial charge on any atom is -0.497 e. The number of carbonyl (C=O) groups excluding carboxylic acids is 2. The first-order valence-corrected chi connectivity index (χ1v) is 8.32. The molecule has 0 aromatic heterocycles. The standard InChI is InChI=1S/C15H15N3O6S/c1-24-12-6-2-10(3-7-12)16-14(19)18-15(20)17-11-4-8-13(9-5-11)25(21,22)23/h2-9H,1H3,(H,21,22,23)(H3,16,17,18,19,20). The molecule has 0 fully saturated rings. The topological polar surface area (TPSA) is 134 Å². The average Bonchev–Trinajstić information content (AvgIpc) is 2.55. The fraction of sp³-hybridized carbons (Fsp3) is 0.0667. The second kappa shape index (κ2) is 7.64. The van der Waals surface area contributed by atoms with E-state index in [2.05, 4.69) is 16.0 Å². The van der Waals surface area contributed by atoms with Gasteiger partial charge in [-0.1, -0.05) is 0 Å². The van der Waals surface area contributed by atoms with Gasteiger partial charge in [0.1, 0.15) is 5.75 Å². The lowest BCUT2D eigenvalue weighted by Gasteiger charge is -2.09. The normalized spacial score (nSPS) is 10.6. The van der Waals surface area contributed by atoms with Crippen molar-refractivity contribution in [2.45, 2.75) is 4.90 Å². The van der Waals surface area contributed by atoms with Crippen LogP contribution in [0.3, 0.4) is 0 Å². The molecule has 4 amide bonds. The maximum absolute atomic E-state index is 11.7. The molecular weight excluding hydrogens is 350 g/mol. The number of hydrogen-bond acceptors (Lipinski definition) is 5. The summed E-state index contributed by atoms with van der Waals surface area (Å²) in [5.74, 6) is 0.622. The van der Waals surface area contributed by atoms with E-state index >= 15 is 0 Å². The van der Waals surface area contributed by atoms with Gasteiger partial charge in [0.15, 0.2) is 0 Å². The zero-order valence-electron chi connectivity index (χ0n) is 13.0. The van der Waals surface area contributed by atoms with E-state index < -0.39 is 22.2 Å². The fourth-order valence-corrected chi connectivity index (χ4v) is 2.29. The summed E-state index contributed by atoms with van der Waals surface area (Å²) in [6.07, 6.45) is 0. The monoisotopic (exact) mass is 365 g/mol. The first-order valence-electron chi connectivity index (χ1n) is 6.88. The van der Waals surface area contributed by atoms with Crippen LogP contribution >= 0.6 is 0 Å². The third-order valence-corrected chi connectivity index (χ3v) is 3.85. The van der Waals surface area contributed by atoms with Crippen LogP contribution < -0.4 is 20.7 Å². The van der Waals surface area contributed by atoms with Crippen LogP contribution in [0.1, 0.15) is 0 Å². The van der Waals surface area contributed by atoms with Crippen molar-refractivity contribution in [1.29, 1.82) is 0 Å². The number of anilines is 2. The van der Waals surface area contributed by atoms with Crippen molar-refractivity contribution in [3.63, 3.8) is 0 Å². The highest BCUT2D eigenvalue weighted by atomic mass is 32.2. The van der Waals surface area contributed by atoms with E-state index in [1.165, 1.54) is 19.2 Å². The van der Waals surface area contributed by atoms with Crippen molar-refractivity contribution in [3.05, 3.63) is 48.5 Å². The van der Waals surface area contributed by atoms with Crippen molar-refractivity contribution in [3.8, 4) is 5.75 Å². The third kappa shape index (κ3) is 5.48. The predicted octanol–water partition coefficient (Wildman–Crippen LogP) is 2.30. The molecule has 132 valence electrons. The highest BCUT2D eigenvalue weighted by Crippen LogP contribution is 2.15. The molecule has 0 aliphatic heterocycles. The van der Waals surface area contributed by atoms with Gasteiger partial charge in [0.2, 0.25) is 0 Å². The molecule has 25 heavy (non-hydrogen) atoms. The summed E-state index contributed by atoms with van der Waals surface area (Å²) in [5.41, 5.74) is 0.700. The van der Waals surface area contributed by atoms with Crippen LogP contribution in [0.5, 0.6) is 5.75 Å². The van der Waals surface area contributed by atoms with Crippen molar-refractivity contribution in [2.75, 3.05) is 17.7 Å². The van der Waals surface area contributed by atoms with Gasteiger partial charge in [-0.15, -0.1) is 0 Å². The molecule has 2 aromatic rings. The number of methoxy groups -OCH3 is 1. The van der Waals surface area contributed by atoms with E-state index in [4.69, 9.17) is 9.29 Å². The molecular formula is C15H15N3O6S. The highest BCUT2D eigenvalue weighted by Gasteiger charge is 2.11. The maximum Gasteiger partial charge on any atom is 0.327 e. The molecule has 9 nitrogen and oxygen atoms in total. The summed E-state index contributed by atoms with van der Waals surface area (Å²) < 4.78 is 35.7. The first-order chi connectivity index (χ1) is 11.8. The molecule has 4 N–H and O–H groups in total. The van der Waals surface area contributed by atoms with Gasteiger partial charge < -0.3 is 15.4 Å². The Kier molecular flexibility index (Phi) is 5.57. The lowest BCUT2D eigenvalue weighted by Crippen LogP contribution is -2.37. The quantitative estimate of drug-likeness (QED) is 0.614. The van der Waals surface area contributed by atoms with E-state index in [1.807, 2.05) is 0 Å². The minimum absolute atomic E-state index is 0.238. The molecule has 0 radical (unpaired) electrons. The smallest absolute Gasteiger partial charge is 0.327 e. The fourth-order valence-electron chi connectivity index (χ4n) is 1.81. The van der Waals surface area contributed by atoms with Crippen LogP contribution in [-0.4, -0.2) is 32.1 Å². The molecule has 10 heteroatoms. The maximum atomic E-state index is 11.7. The van der Waals surface area contributed by atoms with E-state index in [9.17, 15) is 18.0 Å². The SMILES string of the molecule is COc1ccc(NC(=O)NC(=O)Nc2ccc(S(=O)(=O)O)cc2)cc1. The van der Waals surface area contributed by atoms with Gasteiger partial charge in [0.25, 0.3) is 10.1 Å². The molecule has 0 unspecified atom stereocenters. The number of urea groups is 2. The Morgan fingerprint density at radius 2 is 1.32 bits per heavy atom. The Labute approximate surface area is 143 Å². The largest absolute Gasteiger partial charge is 0.497 e. The Morgan fingerprint density at radius 1 is 0.880 bits per heavy atom. The molecule has 0 saturated heterocycles. The Morgan fingerprint density at radius 3 is 1.72 bits per heavy atom. The van der Waals surface area contributed by atoms with Gasteiger partial charge >= 0.3 is 12.1 Å². The van der Waals surface area contributed by atoms with Crippen molar-refractivity contribution < 1.29 is 27.3 Å². The summed E-state index contributed by atoms with van der Waals surface area (Å²) in [7, 11) is -2.79. The lowest BCUT2D eigenvalue weighted by molar-refractivity contribution is 0.240. The third-order valence-electron chi connectivity index (χ3n) is 2.98. The number of ether oxygens (including phenoxy) is 1. The summed E-state index contributed by atoms with van der Waals surface area (Å²) in [4.78, 5) is 23.1. The molecule has 0 aliphatic rings. The number of carbonyl (C=O) groups is 2. The number of nitrogens with one attached hydrogen (secondary N) is 3. The molecule has 2 aromatic carbocycles. The average molecular weight is 365 g/mol. The van der Waals surface area contributed by atoms with Crippen LogP contribution in [-0.2, 0) is 10.1 Å². The van der Waals surface area contributed by atoms with Crippen molar-refractivity contribution >= 4 is 33.6 Å². The van der Waals surface area contributed by atoms with Crippen molar-refractivity contribution in [2.24, 2.45) is 0 Å².